The van der Waals surface area contributed by atoms with Gasteiger partial charge in [0.15, 0.2) is 0 Å². The third kappa shape index (κ3) is 4.87. The molecule has 0 radical (unpaired) electrons. The van der Waals surface area contributed by atoms with Gasteiger partial charge in [-0.1, -0.05) is 6.92 Å². The van der Waals surface area contributed by atoms with E-state index in [1.54, 1.807) is 26.8 Å². The second kappa shape index (κ2) is 6.83. The van der Waals surface area contributed by atoms with E-state index >= 15 is 0 Å². The molecular weight excluding hydrogens is 276 g/mol. The molecule has 1 unspecified atom stereocenters. The van der Waals surface area contributed by atoms with Crippen molar-refractivity contribution in [3.05, 3.63) is 33.4 Å². The van der Waals surface area contributed by atoms with Gasteiger partial charge in [0.25, 0.3) is 5.69 Å². The Morgan fingerprint density at radius 2 is 1.90 bits per heavy atom. The number of nitro groups is 1. The number of carbonyl (C=O) groups is 2. The smallest absolute Gasteiger partial charge is 0.303 e. The summed E-state index contributed by atoms with van der Waals surface area (Å²) in [5.41, 5.74) is 1.56. The van der Waals surface area contributed by atoms with Crippen LogP contribution in [0.2, 0.25) is 0 Å². The Bertz CT molecular complexity index is 583. The predicted octanol–water partition coefficient (Wildman–Crippen LogP) is 2.65. The van der Waals surface area contributed by atoms with Crippen LogP contribution in [0.25, 0.3) is 0 Å². The number of amides is 1. The number of hydrogen-bond donors (Lipinski definition) is 2. The van der Waals surface area contributed by atoms with Crippen LogP contribution < -0.4 is 5.32 Å². The molecule has 7 nitrogen and oxygen atoms in total. The number of nitrogens with zero attached hydrogens (tertiary/aromatic N) is 1. The summed E-state index contributed by atoms with van der Waals surface area (Å²) in [6.07, 6.45) is 0.00741. The predicted molar refractivity (Wildman–Crippen MR) is 77.2 cm³/mol. The maximum atomic E-state index is 11.8. The minimum atomic E-state index is -0.947. The molecule has 114 valence electrons. The van der Waals surface area contributed by atoms with Crippen molar-refractivity contribution in [2.45, 2.75) is 33.6 Å². The van der Waals surface area contributed by atoms with Crippen LogP contribution in [0, 0.1) is 29.9 Å². The zero-order valence-corrected chi connectivity index (χ0v) is 12.2. The Kier molecular flexibility index (Phi) is 5.40. The van der Waals surface area contributed by atoms with Gasteiger partial charge in [0.1, 0.15) is 0 Å². The fourth-order valence-corrected chi connectivity index (χ4v) is 2.02. The Morgan fingerprint density at radius 3 is 2.43 bits per heavy atom. The van der Waals surface area contributed by atoms with Crippen LogP contribution in [0.5, 0.6) is 0 Å². The number of nitrogens with one attached hydrogen (secondary N) is 1. The van der Waals surface area contributed by atoms with Crippen molar-refractivity contribution >= 4 is 23.3 Å². The molecule has 0 aromatic heterocycles. The minimum Gasteiger partial charge on any atom is -0.481 e. The number of carboxylic acids is 1. The summed E-state index contributed by atoms with van der Waals surface area (Å²) in [7, 11) is 0. The van der Waals surface area contributed by atoms with Crippen molar-refractivity contribution in [2.24, 2.45) is 5.92 Å². The van der Waals surface area contributed by atoms with E-state index in [2.05, 4.69) is 5.32 Å². The number of aryl methyl sites for hydroxylation is 2. The van der Waals surface area contributed by atoms with Crippen molar-refractivity contribution < 1.29 is 19.6 Å². The summed E-state index contributed by atoms with van der Waals surface area (Å²) in [6.45, 7) is 4.95. The number of benzene rings is 1. The molecule has 1 atom stereocenters. The molecule has 1 aromatic rings. The van der Waals surface area contributed by atoms with E-state index in [0.717, 1.165) is 0 Å². The number of hydrogen-bond acceptors (Lipinski definition) is 4. The maximum Gasteiger partial charge on any atom is 0.303 e. The Morgan fingerprint density at radius 1 is 1.29 bits per heavy atom. The summed E-state index contributed by atoms with van der Waals surface area (Å²) in [6, 6.07) is 2.96. The van der Waals surface area contributed by atoms with E-state index in [0.29, 0.717) is 16.8 Å². The second-order valence-electron chi connectivity index (χ2n) is 5.17. The van der Waals surface area contributed by atoms with Gasteiger partial charge in [0.05, 0.1) is 4.92 Å². The summed E-state index contributed by atoms with van der Waals surface area (Å²) < 4.78 is 0. The van der Waals surface area contributed by atoms with Crippen LogP contribution in [-0.2, 0) is 9.59 Å². The van der Waals surface area contributed by atoms with Gasteiger partial charge in [0.2, 0.25) is 5.91 Å². The van der Waals surface area contributed by atoms with Gasteiger partial charge < -0.3 is 10.4 Å². The third-order valence-corrected chi connectivity index (χ3v) is 3.07. The van der Waals surface area contributed by atoms with Crippen molar-refractivity contribution in [1.29, 1.82) is 0 Å². The maximum absolute atomic E-state index is 11.8. The lowest BCUT2D eigenvalue weighted by Gasteiger charge is -2.12. The monoisotopic (exact) mass is 294 g/mol. The molecule has 21 heavy (non-hydrogen) atoms. The molecule has 2 N–H and O–H groups in total. The number of rotatable bonds is 6. The van der Waals surface area contributed by atoms with Crippen molar-refractivity contribution in [3.8, 4) is 0 Å². The largest absolute Gasteiger partial charge is 0.481 e. The van der Waals surface area contributed by atoms with E-state index in [1.165, 1.54) is 6.07 Å². The standard InChI is InChI=1S/C14H18N2O5/c1-8(5-14(18)19)4-13(17)15-11-6-10(3)12(16(20)21)7-9(11)2/h6-8H,4-5H2,1-3H3,(H,15,17)(H,18,19). The molecule has 7 heteroatoms. The fourth-order valence-electron chi connectivity index (χ4n) is 2.02. The minimum absolute atomic E-state index is 0.00439. The summed E-state index contributed by atoms with van der Waals surface area (Å²) >= 11 is 0. The van der Waals surface area contributed by atoms with Gasteiger partial charge in [0, 0.05) is 30.2 Å². The molecule has 0 aliphatic heterocycles. The number of nitro benzene ring substituents is 1. The number of carbonyl (C=O) groups excluding carboxylic acids is 1. The third-order valence-electron chi connectivity index (χ3n) is 3.07. The lowest BCUT2D eigenvalue weighted by atomic mass is 10.0. The Hall–Kier alpha value is -2.44. The first-order valence-electron chi connectivity index (χ1n) is 6.48. The van der Waals surface area contributed by atoms with Gasteiger partial charge >= 0.3 is 5.97 Å². The van der Waals surface area contributed by atoms with Crippen LogP contribution in [0.4, 0.5) is 11.4 Å². The SMILES string of the molecule is Cc1cc([N+](=O)[O-])c(C)cc1NC(=O)CC(C)CC(=O)O. The van der Waals surface area contributed by atoms with Gasteiger partial charge in [-0.25, -0.2) is 0 Å². The average molecular weight is 294 g/mol. The molecular formula is C14H18N2O5. The fraction of sp³-hybridized carbons (Fsp3) is 0.429. The van der Waals surface area contributed by atoms with Crippen LogP contribution >= 0.6 is 0 Å². The normalized spacial score (nSPS) is 11.8. The number of aliphatic carboxylic acids is 1. The first kappa shape index (κ1) is 16.6. The highest BCUT2D eigenvalue weighted by Gasteiger charge is 2.16. The van der Waals surface area contributed by atoms with Crippen LogP contribution in [-0.4, -0.2) is 21.9 Å². The first-order valence-corrected chi connectivity index (χ1v) is 6.48. The van der Waals surface area contributed by atoms with Gasteiger partial charge in [-0.3, -0.25) is 19.7 Å². The number of anilines is 1. The number of carboxylic acid groups (broad SMARTS) is 1. The van der Waals surface area contributed by atoms with E-state index < -0.39 is 10.9 Å². The van der Waals surface area contributed by atoms with Crippen LogP contribution in [0.3, 0.4) is 0 Å². The highest BCUT2D eigenvalue weighted by Crippen LogP contribution is 2.26. The van der Waals surface area contributed by atoms with Gasteiger partial charge in [-0.15, -0.1) is 0 Å². The molecule has 1 aromatic carbocycles. The summed E-state index contributed by atoms with van der Waals surface area (Å²) in [4.78, 5) is 32.8. The van der Waals surface area contributed by atoms with E-state index in [-0.39, 0.29) is 30.4 Å². The lowest BCUT2D eigenvalue weighted by Crippen LogP contribution is -2.17. The summed E-state index contributed by atoms with van der Waals surface area (Å²) in [5, 5.41) is 22.1. The zero-order valence-electron chi connectivity index (χ0n) is 12.2. The molecule has 0 aliphatic rings. The molecule has 0 aliphatic carbocycles. The molecule has 0 spiro atoms. The molecule has 0 bridgehead atoms. The highest BCUT2D eigenvalue weighted by molar-refractivity contribution is 5.92. The van der Waals surface area contributed by atoms with Crippen LogP contribution in [0.15, 0.2) is 12.1 Å². The van der Waals surface area contributed by atoms with Crippen LogP contribution in [0.1, 0.15) is 30.9 Å². The lowest BCUT2D eigenvalue weighted by molar-refractivity contribution is -0.385. The zero-order chi connectivity index (χ0) is 16.2. The topological polar surface area (TPSA) is 110 Å². The highest BCUT2D eigenvalue weighted by atomic mass is 16.6. The Labute approximate surface area is 122 Å². The first-order chi connectivity index (χ1) is 9.70. The van der Waals surface area contributed by atoms with E-state index in [1.807, 2.05) is 0 Å². The average Bonchev–Trinajstić information content (AvgIpc) is 2.31. The Balaban J connectivity index is 2.79. The molecule has 0 saturated carbocycles. The van der Waals surface area contributed by atoms with E-state index in [9.17, 15) is 19.7 Å². The quantitative estimate of drug-likeness (QED) is 0.619. The molecule has 0 fully saturated rings. The molecule has 1 amide bonds. The molecule has 0 heterocycles. The molecule has 0 saturated heterocycles. The van der Waals surface area contributed by atoms with Gasteiger partial charge in [-0.2, -0.15) is 0 Å². The van der Waals surface area contributed by atoms with E-state index in [4.69, 9.17) is 5.11 Å². The second-order valence-corrected chi connectivity index (χ2v) is 5.17. The van der Waals surface area contributed by atoms with Crippen molar-refractivity contribution in [2.75, 3.05) is 5.32 Å². The molecule has 1 rings (SSSR count). The van der Waals surface area contributed by atoms with Gasteiger partial charge in [-0.05, 0) is 31.4 Å². The van der Waals surface area contributed by atoms with Crippen molar-refractivity contribution in [3.63, 3.8) is 0 Å². The van der Waals surface area contributed by atoms with Crippen molar-refractivity contribution in [1.82, 2.24) is 0 Å². The summed E-state index contributed by atoms with van der Waals surface area (Å²) in [5.74, 6) is -1.53.